The Labute approximate surface area is 90.4 Å². The van der Waals surface area contributed by atoms with Crippen LogP contribution in [0.4, 0.5) is 0 Å². The molecule has 0 saturated heterocycles. The summed E-state index contributed by atoms with van der Waals surface area (Å²) in [6, 6.07) is 4.85. The number of rotatable bonds is 0. The first kappa shape index (κ1) is 9.95. The highest BCUT2D eigenvalue weighted by molar-refractivity contribution is 9.10. The third-order valence-electron chi connectivity index (χ3n) is 1.85. The zero-order chi connectivity index (χ0) is 10.2. The molecule has 0 fully saturated rings. The lowest BCUT2D eigenvalue weighted by Gasteiger charge is -2.05. The van der Waals surface area contributed by atoms with E-state index in [1.807, 2.05) is 0 Å². The van der Waals surface area contributed by atoms with E-state index in [0.717, 1.165) is 4.47 Å². The van der Waals surface area contributed by atoms with Crippen molar-refractivity contribution in [2.75, 3.05) is 13.2 Å². The second-order valence-corrected chi connectivity index (χ2v) is 5.49. The molecule has 0 saturated carbocycles. The fourth-order valence-electron chi connectivity index (χ4n) is 1.23. The Kier molecular flexibility index (Phi) is 2.50. The molecule has 0 spiro atoms. The van der Waals surface area contributed by atoms with Gasteiger partial charge in [0.1, 0.15) is 17.3 Å². The summed E-state index contributed by atoms with van der Waals surface area (Å²) >= 11 is 3.26. The number of nitrogens with one attached hydrogen (secondary N) is 1. The molecule has 0 bridgehead atoms. The van der Waals surface area contributed by atoms with Gasteiger partial charge in [-0.3, -0.25) is 0 Å². The topological polar surface area (TPSA) is 55.4 Å². The van der Waals surface area contributed by atoms with Gasteiger partial charge in [0.2, 0.25) is 10.0 Å². The predicted molar refractivity (Wildman–Crippen MR) is 54.8 cm³/mol. The fraction of sp³-hybridized carbons (Fsp3) is 0.250. The van der Waals surface area contributed by atoms with Gasteiger partial charge in [0, 0.05) is 11.0 Å². The van der Waals surface area contributed by atoms with Crippen LogP contribution in [-0.2, 0) is 10.0 Å². The molecule has 14 heavy (non-hydrogen) atoms. The summed E-state index contributed by atoms with van der Waals surface area (Å²) in [7, 11) is -3.39. The van der Waals surface area contributed by atoms with Crippen LogP contribution in [-0.4, -0.2) is 21.6 Å². The van der Waals surface area contributed by atoms with Crippen molar-refractivity contribution < 1.29 is 13.2 Å². The molecule has 0 amide bonds. The van der Waals surface area contributed by atoms with Crippen molar-refractivity contribution in [3.63, 3.8) is 0 Å². The van der Waals surface area contributed by atoms with E-state index in [9.17, 15) is 8.42 Å². The summed E-state index contributed by atoms with van der Waals surface area (Å²) in [6.45, 7) is 0.650. The van der Waals surface area contributed by atoms with E-state index in [1.54, 1.807) is 12.1 Å². The molecule has 0 aliphatic carbocycles. The van der Waals surface area contributed by atoms with Crippen LogP contribution in [0.15, 0.2) is 27.6 Å². The van der Waals surface area contributed by atoms with Crippen LogP contribution >= 0.6 is 15.9 Å². The Morgan fingerprint density at radius 1 is 1.43 bits per heavy atom. The molecular weight excluding hydrogens is 270 g/mol. The van der Waals surface area contributed by atoms with E-state index in [1.165, 1.54) is 6.07 Å². The van der Waals surface area contributed by atoms with Crippen LogP contribution in [0.5, 0.6) is 5.75 Å². The van der Waals surface area contributed by atoms with Gasteiger partial charge in [0.15, 0.2) is 0 Å². The molecule has 1 N–H and O–H groups in total. The molecule has 2 rings (SSSR count). The number of hydrogen-bond acceptors (Lipinski definition) is 3. The van der Waals surface area contributed by atoms with Gasteiger partial charge in [-0.1, -0.05) is 15.9 Å². The SMILES string of the molecule is O=S1(=O)NCCOc2cc(Br)ccc21. The first-order valence-corrected chi connectivity index (χ1v) is 6.29. The third-order valence-corrected chi connectivity index (χ3v) is 3.84. The fourth-order valence-corrected chi connectivity index (χ4v) is 2.71. The number of hydrogen-bond donors (Lipinski definition) is 1. The average Bonchev–Trinajstić information content (AvgIpc) is 2.25. The lowest BCUT2D eigenvalue weighted by Crippen LogP contribution is -2.24. The minimum absolute atomic E-state index is 0.193. The van der Waals surface area contributed by atoms with Crippen molar-refractivity contribution in [1.82, 2.24) is 4.72 Å². The summed E-state index contributed by atoms with van der Waals surface area (Å²) in [5.74, 6) is 0.393. The van der Waals surface area contributed by atoms with E-state index < -0.39 is 10.0 Å². The molecule has 4 nitrogen and oxygen atoms in total. The molecule has 0 atom stereocenters. The van der Waals surface area contributed by atoms with Crippen LogP contribution in [0.3, 0.4) is 0 Å². The van der Waals surface area contributed by atoms with Crippen LogP contribution in [0.2, 0.25) is 0 Å². The highest BCUT2D eigenvalue weighted by Gasteiger charge is 2.22. The van der Waals surface area contributed by atoms with Crippen LogP contribution in [0, 0.1) is 0 Å². The number of sulfonamides is 1. The average molecular weight is 278 g/mol. The molecule has 1 heterocycles. The third kappa shape index (κ3) is 1.77. The maximum absolute atomic E-state index is 11.6. The van der Waals surface area contributed by atoms with Gasteiger partial charge >= 0.3 is 0 Å². The highest BCUT2D eigenvalue weighted by atomic mass is 79.9. The van der Waals surface area contributed by atoms with Crippen molar-refractivity contribution >= 4 is 26.0 Å². The normalized spacial score (nSPS) is 19.2. The lowest BCUT2D eigenvalue weighted by atomic mass is 10.3. The second-order valence-electron chi connectivity index (χ2n) is 2.84. The molecule has 0 aromatic heterocycles. The predicted octanol–water partition coefficient (Wildman–Crippen LogP) is 1.12. The molecule has 6 heteroatoms. The minimum atomic E-state index is -3.39. The first-order valence-electron chi connectivity index (χ1n) is 4.01. The molecule has 1 aliphatic heterocycles. The Bertz CT molecular complexity index is 458. The van der Waals surface area contributed by atoms with Gasteiger partial charge < -0.3 is 4.74 Å². The molecule has 0 radical (unpaired) electrons. The van der Waals surface area contributed by atoms with Gasteiger partial charge in [-0.2, -0.15) is 0 Å². The molecule has 1 aromatic rings. The van der Waals surface area contributed by atoms with Gasteiger partial charge in [-0.05, 0) is 18.2 Å². The summed E-state index contributed by atoms with van der Waals surface area (Å²) in [5.41, 5.74) is 0. The summed E-state index contributed by atoms with van der Waals surface area (Å²) < 4.78 is 31.7. The van der Waals surface area contributed by atoms with Gasteiger partial charge in [0.25, 0.3) is 0 Å². The van der Waals surface area contributed by atoms with Gasteiger partial charge in [-0.15, -0.1) is 0 Å². The quantitative estimate of drug-likeness (QED) is 0.773. The zero-order valence-electron chi connectivity index (χ0n) is 7.16. The van der Waals surface area contributed by atoms with Crippen molar-refractivity contribution in [2.24, 2.45) is 0 Å². The Morgan fingerprint density at radius 3 is 3.00 bits per heavy atom. The van der Waals surface area contributed by atoms with E-state index in [4.69, 9.17) is 4.74 Å². The number of halogens is 1. The largest absolute Gasteiger partial charge is 0.491 e. The van der Waals surface area contributed by atoms with Crippen LogP contribution in [0.1, 0.15) is 0 Å². The number of fused-ring (bicyclic) bond motifs is 1. The molecule has 0 unspecified atom stereocenters. The molecule has 1 aliphatic rings. The second kappa shape index (κ2) is 3.52. The number of benzene rings is 1. The van der Waals surface area contributed by atoms with E-state index >= 15 is 0 Å². The van der Waals surface area contributed by atoms with E-state index in [-0.39, 0.29) is 4.90 Å². The maximum atomic E-state index is 11.6. The van der Waals surface area contributed by atoms with Crippen molar-refractivity contribution in [1.29, 1.82) is 0 Å². The summed E-state index contributed by atoms with van der Waals surface area (Å²) in [5, 5.41) is 0. The van der Waals surface area contributed by atoms with Crippen LogP contribution < -0.4 is 9.46 Å². The van der Waals surface area contributed by atoms with Crippen molar-refractivity contribution in [3.8, 4) is 5.75 Å². The summed E-state index contributed by atoms with van der Waals surface area (Å²) in [6.07, 6.45) is 0. The highest BCUT2D eigenvalue weighted by Crippen LogP contribution is 2.28. The van der Waals surface area contributed by atoms with Crippen molar-refractivity contribution in [3.05, 3.63) is 22.7 Å². The van der Waals surface area contributed by atoms with Crippen LogP contribution in [0.25, 0.3) is 0 Å². The number of ether oxygens (including phenoxy) is 1. The van der Waals surface area contributed by atoms with Gasteiger partial charge in [-0.25, -0.2) is 13.1 Å². The van der Waals surface area contributed by atoms with Crippen molar-refractivity contribution in [2.45, 2.75) is 4.90 Å². The Morgan fingerprint density at radius 2 is 2.21 bits per heavy atom. The first-order chi connectivity index (χ1) is 6.59. The smallest absolute Gasteiger partial charge is 0.244 e. The Balaban J connectivity index is 2.62. The monoisotopic (exact) mass is 277 g/mol. The minimum Gasteiger partial charge on any atom is -0.491 e. The van der Waals surface area contributed by atoms with E-state index in [2.05, 4.69) is 20.7 Å². The Hall–Kier alpha value is -0.590. The zero-order valence-corrected chi connectivity index (χ0v) is 9.56. The summed E-state index contributed by atoms with van der Waals surface area (Å²) in [4.78, 5) is 0.193. The molecule has 76 valence electrons. The standard InChI is InChI=1S/C8H8BrNO3S/c9-6-1-2-8-7(5-6)13-4-3-10-14(8,11)12/h1-2,5,10H,3-4H2. The maximum Gasteiger partial charge on any atom is 0.244 e. The lowest BCUT2D eigenvalue weighted by molar-refractivity contribution is 0.321. The van der Waals surface area contributed by atoms with E-state index in [0.29, 0.717) is 18.9 Å². The van der Waals surface area contributed by atoms with Gasteiger partial charge in [0.05, 0.1) is 0 Å². The molecule has 1 aromatic carbocycles. The molecular formula is C8H8BrNO3S.